The van der Waals surface area contributed by atoms with Gasteiger partial charge >= 0.3 is 0 Å². The monoisotopic (exact) mass is 240 g/mol. The van der Waals surface area contributed by atoms with Gasteiger partial charge in [0.2, 0.25) is 0 Å². The minimum atomic E-state index is -0.510. The molecule has 2 N–H and O–H groups in total. The van der Waals surface area contributed by atoms with Gasteiger partial charge in [-0.25, -0.2) is 4.39 Å². The molecule has 0 spiro atoms. The molecular weight excluding hydrogens is 227 g/mol. The number of nitriles is 1. The van der Waals surface area contributed by atoms with Crippen LogP contribution in [0.15, 0.2) is 30.4 Å². The minimum Gasteiger partial charge on any atom is -0.324 e. The molecule has 1 rings (SSSR count). The van der Waals surface area contributed by atoms with Gasteiger partial charge in [0.05, 0.1) is 5.56 Å². The normalized spacial score (nSPS) is 11.1. The summed E-state index contributed by atoms with van der Waals surface area (Å²) in [5.74, 6) is -0.510. The summed E-state index contributed by atoms with van der Waals surface area (Å²) in [7, 11) is 0. The second-order valence-electron chi connectivity index (χ2n) is 3.62. The lowest BCUT2D eigenvalue weighted by Gasteiger charge is -2.12. The Hall–Kier alpha value is -1.37. The van der Waals surface area contributed by atoms with Crippen LogP contribution in [-0.2, 0) is 0 Å². The summed E-state index contributed by atoms with van der Waals surface area (Å²) in [4.78, 5) is 0. The van der Waals surface area contributed by atoms with Crippen LogP contribution in [0.25, 0.3) is 0 Å². The van der Waals surface area contributed by atoms with Crippen LogP contribution in [0.5, 0.6) is 0 Å². The molecule has 1 atom stereocenters. The molecular formula is C12H14ClFN2. The number of nitrogens with two attached hydrogens (primary N) is 1. The van der Waals surface area contributed by atoms with E-state index in [0.717, 1.165) is 11.1 Å². The maximum absolute atomic E-state index is 13.0. The van der Waals surface area contributed by atoms with Crippen LogP contribution in [-0.4, -0.2) is 0 Å². The second kappa shape index (κ2) is 6.26. The summed E-state index contributed by atoms with van der Waals surface area (Å²) in [6.07, 6.45) is 0.635. The Labute approximate surface area is 101 Å². The summed E-state index contributed by atoms with van der Waals surface area (Å²) in [5.41, 5.74) is 7.63. The Kier molecular flexibility index (Phi) is 5.73. The Morgan fingerprint density at radius 3 is 2.75 bits per heavy atom. The second-order valence-corrected chi connectivity index (χ2v) is 3.62. The van der Waals surface area contributed by atoms with Crippen LogP contribution in [0.2, 0.25) is 0 Å². The molecule has 0 bridgehead atoms. The first-order valence-electron chi connectivity index (χ1n) is 4.64. The standard InChI is InChI=1S/C12H13FN2.ClH/c1-8(2)5-12(15)9-3-4-11(13)10(6-9)7-14;/h3-4,6,12H,1,5,15H2,2H3;1H/t12-;/m0./s1. The van der Waals surface area contributed by atoms with Gasteiger partial charge in [0.15, 0.2) is 0 Å². The van der Waals surface area contributed by atoms with Gasteiger partial charge in [-0.15, -0.1) is 19.0 Å². The zero-order valence-corrected chi connectivity index (χ0v) is 9.85. The van der Waals surface area contributed by atoms with E-state index in [4.69, 9.17) is 11.0 Å². The molecule has 4 heteroatoms. The third-order valence-corrected chi connectivity index (χ3v) is 2.11. The molecule has 0 fully saturated rings. The molecule has 16 heavy (non-hydrogen) atoms. The fraction of sp³-hybridized carbons (Fsp3) is 0.250. The fourth-order valence-electron chi connectivity index (χ4n) is 1.35. The van der Waals surface area contributed by atoms with Crippen molar-refractivity contribution in [1.82, 2.24) is 0 Å². The maximum atomic E-state index is 13.0. The number of halogens is 2. The largest absolute Gasteiger partial charge is 0.324 e. The summed E-state index contributed by atoms with van der Waals surface area (Å²) >= 11 is 0. The SMILES string of the molecule is C=C(C)C[C@H](N)c1ccc(F)c(C#N)c1.Cl. The molecule has 0 amide bonds. The lowest BCUT2D eigenvalue weighted by atomic mass is 9.99. The number of hydrogen-bond acceptors (Lipinski definition) is 2. The van der Waals surface area contributed by atoms with E-state index < -0.39 is 5.82 Å². The summed E-state index contributed by atoms with van der Waals surface area (Å²) < 4.78 is 13.0. The topological polar surface area (TPSA) is 49.8 Å². The Bertz CT molecular complexity index is 424. The first-order valence-corrected chi connectivity index (χ1v) is 4.64. The summed E-state index contributed by atoms with van der Waals surface area (Å²) in [5, 5.41) is 8.66. The van der Waals surface area contributed by atoms with Gasteiger partial charge in [-0.3, -0.25) is 0 Å². The van der Waals surface area contributed by atoms with Crippen LogP contribution >= 0.6 is 12.4 Å². The zero-order valence-electron chi connectivity index (χ0n) is 9.03. The third kappa shape index (κ3) is 3.65. The van der Waals surface area contributed by atoms with Crippen LogP contribution in [0.4, 0.5) is 4.39 Å². The Balaban J connectivity index is 0.00000225. The number of rotatable bonds is 3. The van der Waals surface area contributed by atoms with Crippen LogP contribution in [0, 0.1) is 17.1 Å². The average molecular weight is 241 g/mol. The van der Waals surface area contributed by atoms with Crippen molar-refractivity contribution in [3.05, 3.63) is 47.3 Å². The van der Waals surface area contributed by atoms with Crippen LogP contribution in [0.1, 0.15) is 30.5 Å². The molecule has 1 aromatic rings. The van der Waals surface area contributed by atoms with Gasteiger partial charge in [-0.1, -0.05) is 11.6 Å². The van der Waals surface area contributed by atoms with E-state index in [1.807, 2.05) is 6.92 Å². The molecule has 0 heterocycles. The number of nitrogens with zero attached hydrogens (tertiary/aromatic N) is 1. The predicted molar refractivity (Wildman–Crippen MR) is 64.7 cm³/mol. The number of benzene rings is 1. The molecule has 0 aliphatic rings. The van der Waals surface area contributed by atoms with Gasteiger partial charge in [-0.05, 0) is 31.0 Å². The maximum Gasteiger partial charge on any atom is 0.140 e. The summed E-state index contributed by atoms with van der Waals surface area (Å²) in [6, 6.07) is 5.92. The van der Waals surface area contributed by atoms with E-state index in [0.29, 0.717) is 6.42 Å². The average Bonchev–Trinajstić information content (AvgIpc) is 2.17. The van der Waals surface area contributed by atoms with E-state index >= 15 is 0 Å². The van der Waals surface area contributed by atoms with Crippen LogP contribution in [0.3, 0.4) is 0 Å². The number of hydrogen-bond donors (Lipinski definition) is 1. The molecule has 86 valence electrons. The van der Waals surface area contributed by atoms with E-state index in [-0.39, 0.29) is 24.0 Å². The Morgan fingerprint density at radius 1 is 1.62 bits per heavy atom. The Morgan fingerprint density at radius 2 is 2.25 bits per heavy atom. The van der Waals surface area contributed by atoms with Crippen molar-refractivity contribution in [1.29, 1.82) is 5.26 Å². The molecule has 0 saturated carbocycles. The molecule has 2 nitrogen and oxygen atoms in total. The fourth-order valence-corrected chi connectivity index (χ4v) is 1.35. The van der Waals surface area contributed by atoms with Gasteiger partial charge in [0.1, 0.15) is 11.9 Å². The van der Waals surface area contributed by atoms with Crippen molar-refractivity contribution in [2.75, 3.05) is 0 Å². The summed E-state index contributed by atoms with van der Waals surface area (Å²) in [6.45, 7) is 5.65. The van der Waals surface area contributed by atoms with E-state index in [9.17, 15) is 4.39 Å². The van der Waals surface area contributed by atoms with Gasteiger partial charge in [-0.2, -0.15) is 5.26 Å². The van der Waals surface area contributed by atoms with E-state index in [1.54, 1.807) is 12.1 Å². The lowest BCUT2D eigenvalue weighted by molar-refractivity contribution is 0.620. The van der Waals surface area contributed by atoms with Crippen molar-refractivity contribution in [3.63, 3.8) is 0 Å². The highest BCUT2D eigenvalue weighted by Crippen LogP contribution is 2.19. The van der Waals surface area contributed by atoms with Crippen molar-refractivity contribution in [3.8, 4) is 6.07 Å². The van der Waals surface area contributed by atoms with Crippen molar-refractivity contribution in [2.45, 2.75) is 19.4 Å². The lowest BCUT2D eigenvalue weighted by Crippen LogP contribution is -2.10. The zero-order chi connectivity index (χ0) is 11.4. The quantitative estimate of drug-likeness (QED) is 0.826. The van der Waals surface area contributed by atoms with Crippen molar-refractivity contribution >= 4 is 12.4 Å². The minimum absolute atomic E-state index is 0. The molecule has 0 aliphatic heterocycles. The van der Waals surface area contributed by atoms with E-state index in [1.165, 1.54) is 12.1 Å². The highest BCUT2D eigenvalue weighted by atomic mass is 35.5. The highest BCUT2D eigenvalue weighted by Gasteiger charge is 2.09. The van der Waals surface area contributed by atoms with Crippen LogP contribution < -0.4 is 5.73 Å². The smallest absolute Gasteiger partial charge is 0.140 e. The predicted octanol–water partition coefficient (Wildman–Crippen LogP) is 3.09. The van der Waals surface area contributed by atoms with Gasteiger partial charge < -0.3 is 5.73 Å². The van der Waals surface area contributed by atoms with Gasteiger partial charge in [0.25, 0.3) is 0 Å². The molecule has 0 unspecified atom stereocenters. The van der Waals surface area contributed by atoms with Gasteiger partial charge in [0, 0.05) is 6.04 Å². The molecule has 0 aromatic heterocycles. The molecule has 0 radical (unpaired) electrons. The van der Waals surface area contributed by atoms with E-state index in [2.05, 4.69) is 6.58 Å². The third-order valence-electron chi connectivity index (χ3n) is 2.11. The molecule has 1 aromatic carbocycles. The first-order chi connectivity index (χ1) is 7.04. The molecule has 0 aliphatic carbocycles. The first kappa shape index (κ1) is 14.6. The molecule has 0 saturated heterocycles. The van der Waals surface area contributed by atoms with Crippen molar-refractivity contribution < 1.29 is 4.39 Å². The van der Waals surface area contributed by atoms with Crippen molar-refractivity contribution in [2.24, 2.45) is 5.73 Å². The highest BCUT2D eigenvalue weighted by molar-refractivity contribution is 5.85.